The molecule has 0 spiro atoms. The summed E-state index contributed by atoms with van der Waals surface area (Å²) in [7, 11) is -0.585. The average molecular weight is 308 g/mol. The normalized spacial score (nSPS) is 20.3. The average Bonchev–Trinajstić information content (AvgIpc) is 2.51. The highest BCUT2D eigenvalue weighted by molar-refractivity contribution is 7.85. The second-order valence-electron chi connectivity index (χ2n) is 5.97. The van der Waals surface area contributed by atoms with Gasteiger partial charge in [-0.15, -0.1) is 0 Å². The molecule has 118 valence electrons. The zero-order valence-electron chi connectivity index (χ0n) is 13.3. The van der Waals surface area contributed by atoms with E-state index in [1.54, 1.807) is 0 Å². The van der Waals surface area contributed by atoms with E-state index in [-0.39, 0.29) is 0 Å². The SMILES string of the molecule is CCCNC(c1ccccc1)C(C)CN1CCS(=O)CC1. The molecule has 1 fully saturated rings. The molecule has 2 rings (SSSR count). The van der Waals surface area contributed by atoms with Crippen molar-refractivity contribution in [2.75, 3.05) is 37.7 Å². The summed E-state index contributed by atoms with van der Waals surface area (Å²) >= 11 is 0. The molecule has 0 bridgehead atoms. The van der Waals surface area contributed by atoms with E-state index in [1.165, 1.54) is 5.56 Å². The molecular weight excluding hydrogens is 280 g/mol. The maximum absolute atomic E-state index is 11.5. The highest BCUT2D eigenvalue weighted by Crippen LogP contribution is 2.23. The molecule has 0 radical (unpaired) electrons. The van der Waals surface area contributed by atoms with E-state index < -0.39 is 10.8 Å². The Bertz CT molecular complexity index is 428. The second kappa shape index (κ2) is 8.66. The van der Waals surface area contributed by atoms with Gasteiger partial charge in [0, 0.05) is 48.0 Å². The summed E-state index contributed by atoms with van der Waals surface area (Å²) in [5.41, 5.74) is 1.37. The van der Waals surface area contributed by atoms with E-state index in [9.17, 15) is 4.21 Å². The van der Waals surface area contributed by atoms with Crippen molar-refractivity contribution in [2.24, 2.45) is 5.92 Å². The molecule has 0 aliphatic carbocycles. The Hall–Kier alpha value is -0.710. The van der Waals surface area contributed by atoms with Crippen molar-refractivity contribution in [3.63, 3.8) is 0 Å². The minimum Gasteiger partial charge on any atom is -0.310 e. The minimum absolute atomic E-state index is 0.401. The van der Waals surface area contributed by atoms with Gasteiger partial charge in [-0.3, -0.25) is 4.21 Å². The van der Waals surface area contributed by atoms with Gasteiger partial charge in [0.25, 0.3) is 0 Å². The predicted molar refractivity (Wildman–Crippen MR) is 91.0 cm³/mol. The Morgan fingerprint density at radius 2 is 1.90 bits per heavy atom. The molecule has 1 aromatic rings. The van der Waals surface area contributed by atoms with Crippen LogP contribution in [0.4, 0.5) is 0 Å². The van der Waals surface area contributed by atoms with Crippen molar-refractivity contribution >= 4 is 10.8 Å². The lowest BCUT2D eigenvalue weighted by Gasteiger charge is -2.33. The Labute approximate surface area is 131 Å². The molecule has 2 unspecified atom stereocenters. The maximum atomic E-state index is 11.5. The summed E-state index contributed by atoms with van der Waals surface area (Å²) in [6.07, 6.45) is 1.15. The van der Waals surface area contributed by atoms with Gasteiger partial charge in [0.05, 0.1) is 0 Å². The molecule has 1 heterocycles. The van der Waals surface area contributed by atoms with Gasteiger partial charge in [0.2, 0.25) is 0 Å². The standard InChI is InChI=1S/C17H28N2OS/c1-3-9-18-17(16-7-5-4-6-8-16)15(2)14-19-10-12-21(20)13-11-19/h4-8,15,17-18H,3,9-14H2,1-2H3. The zero-order chi connectivity index (χ0) is 15.1. The summed E-state index contributed by atoms with van der Waals surface area (Å²) < 4.78 is 11.5. The van der Waals surface area contributed by atoms with Crippen LogP contribution in [0.25, 0.3) is 0 Å². The number of hydrogen-bond acceptors (Lipinski definition) is 3. The van der Waals surface area contributed by atoms with Gasteiger partial charge < -0.3 is 10.2 Å². The monoisotopic (exact) mass is 308 g/mol. The Balaban J connectivity index is 1.97. The quantitative estimate of drug-likeness (QED) is 0.839. The summed E-state index contributed by atoms with van der Waals surface area (Å²) in [6.45, 7) is 8.62. The van der Waals surface area contributed by atoms with E-state index in [1.807, 2.05) is 0 Å². The van der Waals surface area contributed by atoms with Crippen LogP contribution in [0.15, 0.2) is 30.3 Å². The highest BCUT2D eigenvalue weighted by atomic mass is 32.2. The number of benzene rings is 1. The van der Waals surface area contributed by atoms with Crippen LogP contribution in [0.3, 0.4) is 0 Å². The van der Waals surface area contributed by atoms with Crippen LogP contribution in [-0.2, 0) is 10.8 Å². The number of hydrogen-bond donors (Lipinski definition) is 1. The first kappa shape index (κ1) is 16.7. The summed E-state index contributed by atoms with van der Waals surface area (Å²) in [6, 6.07) is 11.1. The summed E-state index contributed by atoms with van der Waals surface area (Å²) in [4.78, 5) is 2.47. The van der Waals surface area contributed by atoms with Crippen LogP contribution in [0.2, 0.25) is 0 Å². The molecule has 1 aliphatic rings. The van der Waals surface area contributed by atoms with Crippen molar-refractivity contribution in [3.8, 4) is 0 Å². The van der Waals surface area contributed by atoms with Gasteiger partial charge in [0.1, 0.15) is 0 Å². The fourth-order valence-corrected chi connectivity index (χ4v) is 4.11. The molecule has 21 heavy (non-hydrogen) atoms. The molecule has 2 atom stereocenters. The van der Waals surface area contributed by atoms with Gasteiger partial charge in [0.15, 0.2) is 0 Å². The fraction of sp³-hybridized carbons (Fsp3) is 0.647. The van der Waals surface area contributed by atoms with E-state index in [2.05, 4.69) is 54.4 Å². The number of rotatable bonds is 7. The highest BCUT2D eigenvalue weighted by Gasteiger charge is 2.23. The van der Waals surface area contributed by atoms with Crippen LogP contribution < -0.4 is 5.32 Å². The van der Waals surface area contributed by atoms with Crippen LogP contribution in [0, 0.1) is 5.92 Å². The summed E-state index contributed by atoms with van der Waals surface area (Å²) in [5.74, 6) is 2.22. The van der Waals surface area contributed by atoms with E-state index in [4.69, 9.17) is 0 Å². The maximum Gasteiger partial charge on any atom is 0.0363 e. The van der Waals surface area contributed by atoms with Gasteiger partial charge in [-0.1, -0.05) is 44.2 Å². The molecular formula is C17H28N2OS. The van der Waals surface area contributed by atoms with Gasteiger partial charge in [-0.25, -0.2) is 0 Å². The molecule has 1 aliphatic heterocycles. The van der Waals surface area contributed by atoms with Crippen molar-refractivity contribution in [2.45, 2.75) is 26.3 Å². The van der Waals surface area contributed by atoms with Gasteiger partial charge in [-0.05, 0) is 24.4 Å². The Kier molecular flexibility index (Phi) is 6.87. The molecule has 3 nitrogen and oxygen atoms in total. The first-order valence-electron chi connectivity index (χ1n) is 8.06. The number of nitrogens with zero attached hydrogens (tertiary/aromatic N) is 1. The van der Waals surface area contributed by atoms with Crippen LogP contribution in [-0.4, -0.2) is 46.8 Å². The first-order chi connectivity index (χ1) is 10.2. The molecule has 1 saturated heterocycles. The lowest BCUT2D eigenvalue weighted by Crippen LogP contribution is -2.42. The van der Waals surface area contributed by atoms with Gasteiger partial charge in [-0.2, -0.15) is 0 Å². The lowest BCUT2D eigenvalue weighted by atomic mass is 9.93. The van der Waals surface area contributed by atoms with E-state index in [0.29, 0.717) is 12.0 Å². The Morgan fingerprint density at radius 3 is 2.52 bits per heavy atom. The number of nitrogens with one attached hydrogen (secondary N) is 1. The summed E-state index contributed by atoms with van der Waals surface area (Å²) in [5, 5.41) is 3.70. The first-order valence-corrected chi connectivity index (χ1v) is 9.55. The molecule has 4 heteroatoms. The smallest absolute Gasteiger partial charge is 0.0363 e. The second-order valence-corrected chi connectivity index (χ2v) is 7.66. The van der Waals surface area contributed by atoms with E-state index in [0.717, 1.165) is 44.1 Å². The molecule has 0 aromatic heterocycles. The molecule has 0 saturated carbocycles. The topological polar surface area (TPSA) is 32.3 Å². The third kappa shape index (κ3) is 5.20. The fourth-order valence-electron chi connectivity index (χ4n) is 2.98. The Morgan fingerprint density at radius 1 is 1.24 bits per heavy atom. The van der Waals surface area contributed by atoms with Crippen molar-refractivity contribution in [1.29, 1.82) is 0 Å². The predicted octanol–water partition coefficient (Wildman–Crippen LogP) is 2.43. The third-order valence-corrected chi connectivity index (χ3v) is 5.43. The zero-order valence-corrected chi connectivity index (χ0v) is 14.1. The van der Waals surface area contributed by atoms with Crippen molar-refractivity contribution < 1.29 is 4.21 Å². The molecule has 0 amide bonds. The van der Waals surface area contributed by atoms with Crippen LogP contribution >= 0.6 is 0 Å². The van der Waals surface area contributed by atoms with Crippen LogP contribution in [0.1, 0.15) is 31.9 Å². The lowest BCUT2D eigenvalue weighted by molar-refractivity contribution is 0.225. The molecule has 1 aromatic carbocycles. The third-order valence-electron chi connectivity index (χ3n) is 4.16. The minimum atomic E-state index is -0.585. The largest absolute Gasteiger partial charge is 0.310 e. The van der Waals surface area contributed by atoms with E-state index >= 15 is 0 Å². The van der Waals surface area contributed by atoms with Crippen LogP contribution in [0.5, 0.6) is 0 Å². The van der Waals surface area contributed by atoms with Gasteiger partial charge >= 0.3 is 0 Å². The van der Waals surface area contributed by atoms with Crippen molar-refractivity contribution in [3.05, 3.63) is 35.9 Å². The molecule has 1 N–H and O–H groups in total. The van der Waals surface area contributed by atoms with Crippen molar-refractivity contribution in [1.82, 2.24) is 10.2 Å².